The predicted octanol–water partition coefficient (Wildman–Crippen LogP) is 3.73. The van der Waals surface area contributed by atoms with Crippen molar-refractivity contribution < 1.29 is 4.21 Å². The van der Waals surface area contributed by atoms with Crippen LogP contribution in [0.2, 0.25) is 0 Å². The van der Waals surface area contributed by atoms with Gasteiger partial charge in [0.2, 0.25) is 0 Å². The van der Waals surface area contributed by atoms with Gasteiger partial charge in [-0.05, 0) is 46.5 Å². The number of hydrogen-bond donors (Lipinski definition) is 0. The van der Waals surface area contributed by atoms with E-state index >= 15 is 0 Å². The molecule has 0 bridgehead atoms. The molecule has 0 saturated carbocycles. The van der Waals surface area contributed by atoms with E-state index in [-0.39, 0.29) is 4.75 Å². The molecule has 3 nitrogen and oxygen atoms in total. The maximum atomic E-state index is 13.0. The lowest BCUT2D eigenvalue weighted by Gasteiger charge is -2.43. The van der Waals surface area contributed by atoms with Crippen molar-refractivity contribution in [1.82, 2.24) is 9.34 Å². The summed E-state index contributed by atoms with van der Waals surface area (Å²) in [5.41, 5.74) is 0. The van der Waals surface area contributed by atoms with Crippen molar-refractivity contribution >= 4 is 17.8 Å². The summed E-state index contributed by atoms with van der Waals surface area (Å²) in [4.78, 5) is 0. The van der Waals surface area contributed by atoms with Gasteiger partial charge in [0.25, 0.3) is 0 Å². The fourth-order valence-electron chi connectivity index (χ4n) is 2.73. The van der Waals surface area contributed by atoms with Crippen molar-refractivity contribution in [3.8, 4) is 0 Å². The first kappa shape index (κ1) is 15.9. The summed E-state index contributed by atoms with van der Waals surface area (Å²) in [7, 11) is -1.36. The topological polar surface area (TPSA) is 23.6 Å². The first-order valence-electron chi connectivity index (χ1n) is 7.72. The van der Waals surface area contributed by atoms with Crippen LogP contribution in [0.25, 0.3) is 0 Å². The molecular weight excluding hydrogens is 275 g/mol. The molecule has 2 rings (SSSR count). The third kappa shape index (κ3) is 4.23. The number of nitrogens with zero attached hydrogens (tertiary/aromatic N) is 2. The zero-order valence-corrected chi connectivity index (χ0v) is 14.4. The second-order valence-corrected chi connectivity index (χ2v) is 12.0. The lowest BCUT2D eigenvalue weighted by Crippen LogP contribution is -2.39. The van der Waals surface area contributed by atoms with Crippen molar-refractivity contribution in [2.45, 2.75) is 64.0 Å². The van der Waals surface area contributed by atoms with Crippen LogP contribution in [0.1, 0.15) is 59.3 Å². The smallest absolute Gasteiger partial charge is 0.137 e. The van der Waals surface area contributed by atoms with Crippen LogP contribution in [0.4, 0.5) is 0 Å². The van der Waals surface area contributed by atoms with E-state index in [1.54, 1.807) is 0 Å². The van der Waals surface area contributed by atoms with E-state index in [1.807, 2.05) is 0 Å². The monoisotopic (exact) mass is 304 g/mol. The molecule has 1 atom stereocenters. The molecule has 2 heterocycles. The summed E-state index contributed by atoms with van der Waals surface area (Å²) < 4.78 is 18.0. The van der Waals surface area contributed by atoms with Gasteiger partial charge in [0, 0.05) is 30.9 Å². The fourth-order valence-corrected chi connectivity index (χ4v) is 8.96. The molecule has 1 unspecified atom stereocenters. The molecule has 2 aliphatic heterocycles. The number of rotatable bonds is 3. The van der Waals surface area contributed by atoms with Crippen LogP contribution >= 0.6 is 7.42 Å². The van der Waals surface area contributed by atoms with Crippen LogP contribution in [0.5, 0.6) is 0 Å². The van der Waals surface area contributed by atoms with Crippen LogP contribution < -0.4 is 0 Å². The number of piperidine rings is 2. The largest absolute Gasteiger partial charge is 0.259 e. The maximum absolute atomic E-state index is 13.0. The Bertz CT molecular complexity index is 289. The predicted molar refractivity (Wildman–Crippen MR) is 85.7 cm³/mol. The molecule has 19 heavy (non-hydrogen) atoms. The Kier molecular flexibility index (Phi) is 5.83. The van der Waals surface area contributed by atoms with Crippen LogP contribution in [0.15, 0.2) is 0 Å². The van der Waals surface area contributed by atoms with E-state index in [4.69, 9.17) is 0 Å². The lowest BCUT2D eigenvalue weighted by atomic mass is 10.2. The first-order valence-corrected chi connectivity index (χ1v) is 10.7. The van der Waals surface area contributed by atoms with E-state index in [2.05, 4.69) is 30.1 Å². The molecule has 0 aromatic heterocycles. The average Bonchev–Trinajstić information content (AvgIpc) is 2.40. The summed E-state index contributed by atoms with van der Waals surface area (Å²) in [5, 5.41) is 0. The van der Waals surface area contributed by atoms with Crippen LogP contribution in [0.3, 0.4) is 0 Å². The minimum absolute atomic E-state index is 0.0966. The molecule has 0 aromatic rings. The molecule has 0 aromatic carbocycles. The summed E-state index contributed by atoms with van der Waals surface area (Å²) in [6.45, 7) is 11.0. The summed E-state index contributed by atoms with van der Waals surface area (Å²) in [5.74, 6) is 0. The van der Waals surface area contributed by atoms with Gasteiger partial charge in [-0.1, -0.05) is 12.8 Å². The summed E-state index contributed by atoms with van der Waals surface area (Å²) in [6, 6.07) is 0. The zero-order valence-electron chi connectivity index (χ0n) is 12.7. The standard InChI is InChI=1S/C14H29N2OPS/c1-14(2,3)19(17)18(15-10-6-4-7-11-15)16-12-8-5-9-13-16/h4-13H2,1-3H3. The highest BCUT2D eigenvalue weighted by atomic mass is 32.7. The third-order valence-electron chi connectivity index (χ3n) is 3.82. The summed E-state index contributed by atoms with van der Waals surface area (Å²) >= 11 is 0. The van der Waals surface area contributed by atoms with Crippen molar-refractivity contribution in [1.29, 1.82) is 0 Å². The molecule has 0 N–H and O–H groups in total. The highest BCUT2D eigenvalue weighted by Gasteiger charge is 2.37. The van der Waals surface area contributed by atoms with Gasteiger partial charge in [0.15, 0.2) is 0 Å². The van der Waals surface area contributed by atoms with Crippen LogP contribution in [-0.4, -0.2) is 44.5 Å². The molecular formula is C14H29N2OPS. The molecule has 0 amide bonds. The SMILES string of the molecule is CC(C)(C)S(=O)P(N1CCCCC1)N1CCCCC1. The molecule has 2 saturated heterocycles. The first-order chi connectivity index (χ1) is 9.00. The summed E-state index contributed by atoms with van der Waals surface area (Å²) in [6.07, 6.45) is 7.84. The molecule has 5 heteroatoms. The second-order valence-electron chi connectivity index (χ2n) is 6.64. The van der Waals surface area contributed by atoms with Crippen molar-refractivity contribution in [2.24, 2.45) is 0 Å². The molecule has 112 valence electrons. The minimum Gasteiger partial charge on any atom is -0.259 e. The van der Waals surface area contributed by atoms with Crippen molar-refractivity contribution in [2.75, 3.05) is 26.2 Å². The Balaban J connectivity index is 2.13. The Hall–Kier alpha value is 0.500. The quantitative estimate of drug-likeness (QED) is 0.742. The Labute approximate surface area is 122 Å². The Morgan fingerprint density at radius 2 is 1.16 bits per heavy atom. The van der Waals surface area contributed by atoms with Crippen LogP contribution in [0, 0.1) is 0 Å². The fraction of sp³-hybridized carbons (Fsp3) is 1.00. The van der Waals surface area contributed by atoms with Crippen molar-refractivity contribution in [3.05, 3.63) is 0 Å². The normalized spacial score (nSPS) is 25.7. The zero-order chi connectivity index (χ0) is 13.9. The van der Waals surface area contributed by atoms with Gasteiger partial charge < -0.3 is 0 Å². The Morgan fingerprint density at radius 3 is 1.47 bits per heavy atom. The average molecular weight is 304 g/mol. The van der Waals surface area contributed by atoms with Gasteiger partial charge >= 0.3 is 0 Å². The van der Waals surface area contributed by atoms with Crippen LogP contribution in [-0.2, 0) is 10.4 Å². The molecule has 0 spiro atoms. The van der Waals surface area contributed by atoms with E-state index in [0.29, 0.717) is 0 Å². The second kappa shape index (κ2) is 6.98. The Morgan fingerprint density at radius 1 is 0.789 bits per heavy atom. The van der Waals surface area contributed by atoms with Gasteiger partial charge in [-0.3, -0.25) is 13.5 Å². The highest BCUT2D eigenvalue weighted by molar-refractivity contribution is 8.45. The lowest BCUT2D eigenvalue weighted by molar-refractivity contribution is 0.317. The van der Waals surface area contributed by atoms with Gasteiger partial charge in [0.1, 0.15) is 7.42 Å². The molecule has 2 fully saturated rings. The highest BCUT2D eigenvalue weighted by Crippen LogP contribution is 2.53. The van der Waals surface area contributed by atoms with E-state index in [9.17, 15) is 4.21 Å². The molecule has 0 radical (unpaired) electrons. The van der Waals surface area contributed by atoms with E-state index < -0.39 is 17.8 Å². The maximum Gasteiger partial charge on any atom is 0.137 e. The third-order valence-corrected chi connectivity index (χ3v) is 10.9. The van der Waals surface area contributed by atoms with Gasteiger partial charge in [-0.2, -0.15) is 0 Å². The molecule has 0 aliphatic carbocycles. The minimum atomic E-state index is -0.754. The van der Waals surface area contributed by atoms with Gasteiger partial charge in [0.05, 0.1) is 10.4 Å². The van der Waals surface area contributed by atoms with E-state index in [0.717, 1.165) is 26.2 Å². The van der Waals surface area contributed by atoms with Crippen molar-refractivity contribution in [3.63, 3.8) is 0 Å². The van der Waals surface area contributed by atoms with Gasteiger partial charge in [-0.15, -0.1) is 0 Å². The number of hydrogen-bond acceptors (Lipinski definition) is 3. The van der Waals surface area contributed by atoms with E-state index in [1.165, 1.54) is 38.5 Å². The van der Waals surface area contributed by atoms with Gasteiger partial charge in [-0.25, -0.2) is 0 Å². The molecule has 2 aliphatic rings.